The van der Waals surface area contributed by atoms with Crippen LogP contribution in [0.25, 0.3) is 0 Å². The number of aryl methyl sites for hydroxylation is 1. The van der Waals surface area contributed by atoms with Crippen LogP contribution >= 0.6 is 11.3 Å². The van der Waals surface area contributed by atoms with Gasteiger partial charge in [-0.1, -0.05) is 20.8 Å². The highest BCUT2D eigenvalue weighted by Crippen LogP contribution is 2.33. The summed E-state index contributed by atoms with van der Waals surface area (Å²) in [5.74, 6) is 0.382. The fourth-order valence-corrected chi connectivity index (χ4v) is 2.52. The lowest BCUT2D eigenvalue weighted by atomic mass is 10.0. The molecular weight excluding hydrogens is 194 g/mol. The standard InChI is InChI=1S/C11H19NOS/c1-6-8-12-9(7(2)3)10(14-8)11(4,5)13/h7,13H,6H2,1-5H3. The van der Waals surface area contributed by atoms with E-state index in [0.29, 0.717) is 5.92 Å². The van der Waals surface area contributed by atoms with Crippen LogP contribution in [0.5, 0.6) is 0 Å². The third kappa shape index (κ3) is 2.34. The Balaban J connectivity index is 3.19. The molecule has 80 valence electrons. The van der Waals surface area contributed by atoms with Gasteiger partial charge in [-0.05, 0) is 26.2 Å². The molecule has 0 aromatic carbocycles. The Morgan fingerprint density at radius 2 is 2.00 bits per heavy atom. The first kappa shape index (κ1) is 11.7. The molecular formula is C11H19NOS. The first-order chi connectivity index (χ1) is 6.36. The van der Waals surface area contributed by atoms with Gasteiger partial charge in [0.2, 0.25) is 0 Å². The zero-order valence-electron chi connectivity index (χ0n) is 9.59. The molecule has 0 spiro atoms. The molecule has 0 radical (unpaired) electrons. The first-order valence-corrected chi connectivity index (χ1v) is 5.90. The van der Waals surface area contributed by atoms with Gasteiger partial charge in [-0.3, -0.25) is 0 Å². The summed E-state index contributed by atoms with van der Waals surface area (Å²) in [7, 11) is 0. The van der Waals surface area contributed by atoms with E-state index in [4.69, 9.17) is 0 Å². The second kappa shape index (κ2) is 3.99. The summed E-state index contributed by atoms with van der Waals surface area (Å²) in [5.41, 5.74) is 0.296. The molecule has 0 fully saturated rings. The van der Waals surface area contributed by atoms with Crippen molar-refractivity contribution < 1.29 is 5.11 Å². The van der Waals surface area contributed by atoms with Crippen LogP contribution in [0.15, 0.2) is 0 Å². The van der Waals surface area contributed by atoms with Crippen molar-refractivity contribution in [3.05, 3.63) is 15.6 Å². The lowest BCUT2D eigenvalue weighted by Crippen LogP contribution is -2.16. The van der Waals surface area contributed by atoms with E-state index in [2.05, 4.69) is 25.8 Å². The van der Waals surface area contributed by atoms with Crippen LogP contribution in [0, 0.1) is 0 Å². The number of thiazole rings is 1. The molecule has 0 atom stereocenters. The van der Waals surface area contributed by atoms with Crippen LogP contribution in [0.1, 0.15) is 56.1 Å². The number of aliphatic hydroxyl groups is 1. The van der Waals surface area contributed by atoms with Crippen LogP contribution in [-0.4, -0.2) is 10.1 Å². The summed E-state index contributed by atoms with van der Waals surface area (Å²) in [4.78, 5) is 5.57. The molecule has 1 N–H and O–H groups in total. The van der Waals surface area contributed by atoms with Gasteiger partial charge in [-0.15, -0.1) is 11.3 Å². The molecule has 1 aromatic rings. The van der Waals surface area contributed by atoms with Crippen molar-refractivity contribution in [2.75, 3.05) is 0 Å². The molecule has 0 aliphatic heterocycles. The van der Waals surface area contributed by atoms with Crippen molar-refractivity contribution >= 4 is 11.3 Å². The predicted molar refractivity (Wildman–Crippen MR) is 60.8 cm³/mol. The molecule has 0 bridgehead atoms. The van der Waals surface area contributed by atoms with Gasteiger partial charge in [0.25, 0.3) is 0 Å². The van der Waals surface area contributed by atoms with Gasteiger partial charge in [-0.2, -0.15) is 0 Å². The Morgan fingerprint density at radius 1 is 1.43 bits per heavy atom. The highest BCUT2D eigenvalue weighted by molar-refractivity contribution is 7.11. The predicted octanol–water partition coefficient (Wildman–Crippen LogP) is 3.06. The smallest absolute Gasteiger partial charge is 0.0951 e. The molecule has 0 aliphatic carbocycles. The van der Waals surface area contributed by atoms with Gasteiger partial charge in [0.15, 0.2) is 0 Å². The minimum absolute atomic E-state index is 0.382. The molecule has 0 aliphatic rings. The second-order valence-corrected chi connectivity index (χ2v) is 5.47. The molecule has 14 heavy (non-hydrogen) atoms. The molecule has 1 rings (SSSR count). The summed E-state index contributed by atoms with van der Waals surface area (Å²) in [6, 6.07) is 0. The maximum Gasteiger partial charge on any atom is 0.0951 e. The average Bonchev–Trinajstić information content (AvgIpc) is 2.46. The average molecular weight is 213 g/mol. The van der Waals surface area contributed by atoms with Gasteiger partial charge in [0.05, 0.1) is 21.2 Å². The van der Waals surface area contributed by atoms with Crippen LogP contribution < -0.4 is 0 Å². The quantitative estimate of drug-likeness (QED) is 0.837. The summed E-state index contributed by atoms with van der Waals surface area (Å²) in [6.07, 6.45) is 0.945. The Bertz CT molecular complexity index is 310. The molecule has 2 nitrogen and oxygen atoms in total. The summed E-state index contributed by atoms with van der Waals surface area (Å²) in [6.45, 7) is 9.97. The first-order valence-electron chi connectivity index (χ1n) is 5.08. The molecule has 1 heterocycles. The second-order valence-electron chi connectivity index (χ2n) is 4.39. The van der Waals surface area contributed by atoms with Crippen molar-refractivity contribution in [3.8, 4) is 0 Å². The van der Waals surface area contributed by atoms with Crippen molar-refractivity contribution in [2.24, 2.45) is 0 Å². The molecule has 0 unspecified atom stereocenters. The maximum absolute atomic E-state index is 10.00. The van der Waals surface area contributed by atoms with E-state index in [9.17, 15) is 5.11 Å². The summed E-state index contributed by atoms with van der Waals surface area (Å²) < 4.78 is 0. The largest absolute Gasteiger partial charge is 0.385 e. The zero-order valence-corrected chi connectivity index (χ0v) is 10.4. The van der Waals surface area contributed by atoms with E-state index in [1.54, 1.807) is 11.3 Å². The lowest BCUT2D eigenvalue weighted by molar-refractivity contribution is 0.0811. The minimum Gasteiger partial charge on any atom is -0.385 e. The van der Waals surface area contributed by atoms with Crippen molar-refractivity contribution in [1.29, 1.82) is 0 Å². The Morgan fingerprint density at radius 3 is 2.29 bits per heavy atom. The molecule has 1 aromatic heterocycles. The molecule has 0 saturated heterocycles. The number of rotatable bonds is 3. The van der Waals surface area contributed by atoms with E-state index >= 15 is 0 Å². The third-order valence-corrected chi connectivity index (χ3v) is 3.63. The fourth-order valence-electron chi connectivity index (χ4n) is 1.36. The Kier molecular flexibility index (Phi) is 3.32. The Hall–Kier alpha value is -0.410. The minimum atomic E-state index is -0.759. The van der Waals surface area contributed by atoms with Crippen LogP contribution in [0.3, 0.4) is 0 Å². The normalized spacial score (nSPS) is 12.5. The zero-order chi connectivity index (χ0) is 10.9. The number of aromatic nitrogens is 1. The molecule has 3 heteroatoms. The van der Waals surface area contributed by atoms with Crippen LogP contribution in [-0.2, 0) is 12.0 Å². The van der Waals surface area contributed by atoms with E-state index in [0.717, 1.165) is 22.0 Å². The maximum atomic E-state index is 10.00. The third-order valence-electron chi connectivity index (χ3n) is 2.10. The van der Waals surface area contributed by atoms with Gasteiger partial charge >= 0.3 is 0 Å². The van der Waals surface area contributed by atoms with E-state index in [1.165, 1.54) is 0 Å². The topological polar surface area (TPSA) is 33.1 Å². The van der Waals surface area contributed by atoms with Crippen molar-refractivity contribution in [3.63, 3.8) is 0 Å². The molecule has 0 saturated carbocycles. The monoisotopic (exact) mass is 213 g/mol. The Labute approximate surface area is 90.0 Å². The van der Waals surface area contributed by atoms with Crippen LogP contribution in [0.4, 0.5) is 0 Å². The highest BCUT2D eigenvalue weighted by atomic mass is 32.1. The summed E-state index contributed by atoms with van der Waals surface area (Å²) >= 11 is 1.63. The van der Waals surface area contributed by atoms with Crippen LogP contribution in [0.2, 0.25) is 0 Å². The number of nitrogens with zero attached hydrogens (tertiary/aromatic N) is 1. The number of hydrogen-bond donors (Lipinski definition) is 1. The highest BCUT2D eigenvalue weighted by Gasteiger charge is 2.25. The van der Waals surface area contributed by atoms with Crippen molar-refractivity contribution in [1.82, 2.24) is 4.98 Å². The van der Waals surface area contributed by atoms with Gasteiger partial charge in [-0.25, -0.2) is 4.98 Å². The SMILES string of the molecule is CCc1nc(C(C)C)c(C(C)(C)O)s1. The fraction of sp³-hybridized carbons (Fsp3) is 0.727. The number of hydrogen-bond acceptors (Lipinski definition) is 3. The van der Waals surface area contributed by atoms with Gasteiger partial charge in [0, 0.05) is 0 Å². The van der Waals surface area contributed by atoms with E-state index < -0.39 is 5.60 Å². The van der Waals surface area contributed by atoms with E-state index in [1.807, 2.05) is 13.8 Å². The van der Waals surface area contributed by atoms with Gasteiger partial charge < -0.3 is 5.11 Å². The van der Waals surface area contributed by atoms with E-state index in [-0.39, 0.29) is 0 Å². The van der Waals surface area contributed by atoms with Gasteiger partial charge in [0.1, 0.15) is 0 Å². The lowest BCUT2D eigenvalue weighted by Gasteiger charge is -2.17. The summed E-state index contributed by atoms with van der Waals surface area (Å²) in [5, 5.41) is 11.1. The van der Waals surface area contributed by atoms with Crippen molar-refractivity contribution in [2.45, 2.75) is 52.6 Å². The molecule has 0 amide bonds.